The van der Waals surface area contributed by atoms with Gasteiger partial charge in [0, 0.05) is 6.61 Å². The molecule has 0 saturated heterocycles. The summed E-state index contributed by atoms with van der Waals surface area (Å²) >= 11 is 0. The fourth-order valence-corrected chi connectivity index (χ4v) is 2.50. The molecule has 0 radical (unpaired) electrons. The van der Waals surface area contributed by atoms with Gasteiger partial charge >= 0.3 is 5.97 Å². The maximum atomic E-state index is 12.2. The quantitative estimate of drug-likeness (QED) is 0.840. The van der Waals surface area contributed by atoms with Gasteiger partial charge in [0.05, 0.1) is 5.56 Å². The van der Waals surface area contributed by atoms with E-state index in [1.165, 1.54) is 0 Å². The van der Waals surface area contributed by atoms with Gasteiger partial charge in [-0.2, -0.15) is 0 Å². The minimum absolute atomic E-state index is 0.248. The van der Waals surface area contributed by atoms with Gasteiger partial charge in [-0.1, -0.05) is 18.2 Å². The van der Waals surface area contributed by atoms with Crippen molar-refractivity contribution < 1.29 is 14.6 Å². The Hall–Kier alpha value is -1.35. The van der Waals surface area contributed by atoms with Gasteiger partial charge in [0.2, 0.25) is 0 Å². The SMILES string of the molecule is CC(C)(C)OC(=O)c1ccccc1CC[C@@H]1CC1CO. The van der Waals surface area contributed by atoms with E-state index in [9.17, 15) is 4.79 Å². The van der Waals surface area contributed by atoms with Gasteiger partial charge in [-0.15, -0.1) is 0 Å². The molecule has 0 spiro atoms. The number of ether oxygens (including phenoxy) is 1. The van der Waals surface area contributed by atoms with Crippen molar-refractivity contribution in [2.45, 2.75) is 45.6 Å². The number of rotatable bonds is 5. The van der Waals surface area contributed by atoms with Crippen molar-refractivity contribution in [1.29, 1.82) is 0 Å². The van der Waals surface area contributed by atoms with Crippen LogP contribution in [0.1, 0.15) is 49.5 Å². The fourth-order valence-electron chi connectivity index (χ4n) is 2.50. The van der Waals surface area contributed by atoms with Crippen molar-refractivity contribution in [1.82, 2.24) is 0 Å². The molecule has 1 N–H and O–H groups in total. The number of aliphatic hydroxyl groups is 1. The van der Waals surface area contributed by atoms with E-state index in [-0.39, 0.29) is 5.97 Å². The highest BCUT2D eigenvalue weighted by Crippen LogP contribution is 2.41. The predicted octanol–water partition coefficient (Wildman–Crippen LogP) is 3.20. The van der Waals surface area contributed by atoms with E-state index in [0.29, 0.717) is 24.0 Å². The summed E-state index contributed by atoms with van der Waals surface area (Å²) in [5.74, 6) is 0.845. The van der Waals surface area contributed by atoms with E-state index in [1.54, 1.807) is 0 Å². The highest BCUT2D eigenvalue weighted by molar-refractivity contribution is 5.91. The molecular formula is C17H24O3. The Bertz CT molecular complexity index is 473. The van der Waals surface area contributed by atoms with Gasteiger partial charge in [0.25, 0.3) is 0 Å². The molecule has 1 aromatic carbocycles. The number of hydrogen-bond donors (Lipinski definition) is 1. The fraction of sp³-hybridized carbons (Fsp3) is 0.588. The van der Waals surface area contributed by atoms with Crippen LogP contribution in [0.15, 0.2) is 24.3 Å². The van der Waals surface area contributed by atoms with E-state index in [1.807, 2.05) is 45.0 Å². The van der Waals surface area contributed by atoms with Crippen LogP contribution < -0.4 is 0 Å². The third-order valence-corrected chi connectivity index (χ3v) is 3.72. The van der Waals surface area contributed by atoms with E-state index in [0.717, 1.165) is 24.8 Å². The monoisotopic (exact) mass is 276 g/mol. The molecule has 0 aliphatic heterocycles. The minimum Gasteiger partial charge on any atom is -0.456 e. The molecule has 0 aromatic heterocycles. The molecule has 1 unspecified atom stereocenters. The summed E-state index contributed by atoms with van der Waals surface area (Å²) in [4.78, 5) is 12.2. The van der Waals surface area contributed by atoms with Crippen LogP contribution in [0.2, 0.25) is 0 Å². The van der Waals surface area contributed by atoms with Crippen molar-refractivity contribution in [3.05, 3.63) is 35.4 Å². The Labute approximate surface area is 121 Å². The van der Waals surface area contributed by atoms with Crippen LogP contribution in [-0.2, 0) is 11.2 Å². The molecule has 1 fully saturated rings. The van der Waals surface area contributed by atoms with Gasteiger partial charge in [-0.05, 0) is 63.5 Å². The van der Waals surface area contributed by atoms with Crippen LogP contribution in [0.5, 0.6) is 0 Å². The number of aryl methyl sites for hydroxylation is 1. The summed E-state index contributed by atoms with van der Waals surface area (Å²) in [6.07, 6.45) is 3.02. The molecule has 110 valence electrons. The first kappa shape index (κ1) is 15.0. The molecule has 0 amide bonds. The molecule has 1 aliphatic carbocycles. The molecule has 3 heteroatoms. The normalized spacial score (nSPS) is 21.6. The molecule has 1 aromatic rings. The summed E-state index contributed by atoms with van der Waals surface area (Å²) in [5.41, 5.74) is 1.25. The molecule has 0 bridgehead atoms. The highest BCUT2D eigenvalue weighted by atomic mass is 16.6. The summed E-state index contributed by atoms with van der Waals surface area (Å²) in [6.45, 7) is 5.93. The van der Waals surface area contributed by atoms with Gasteiger partial charge in [0.15, 0.2) is 0 Å². The smallest absolute Gasteiger partial charge is 0.338 e. The lowest BCUT2D eigenvalue weighted by atomic mass is 10.0. The lowest BCUT2D eigenvalue weighted by molar-refractivity contribution is 0.00683. The summed E-state index contributed by atoms with van der Waals surface area (Å²) < 4.78 is 5.45. The third kappa shape index (κ3) is 4.07. The maximum absolute atomic E-state index is 12.2. The van der Waals surface area contributed by atoms with Crippen LogP contribution >= 0.6 is 0 Å². The lowest BCUT2D eigenvalue weighted by Crippen LogP contribution is -2.24. The van der Waals surface area contributed by atoms with Gasteiger partial charge < -0.3 is 9.84 Å². The maximum Gasteiger partial charge on any atom is 0.338 e. The van der Waals surface area contributed by atoms with Crippen LogP contribution in [0.3, 0.4) is 0 Å². The molecule has 3 nitrogen and oxygen atoms in total. The van der Waals surface area contributed by atoms with Crippen LogP contribution in [-0.4, -0.2) is 23.3 Å². The second kappa shape index (κ2) is 5.96. The first-order valence-corrected chi connectivity index (χ1v) is 7.33. The topological polar surface area (TPSA) is 46.5 Å². The Kier molecular flexibility index (Phi) is 4.48. The summed E-state index contributed by atoms with van der Waals surface area (Å²) in [6, 6.07) is 7.66. The Morgan fingerprint density at radius 2 is 2.00 bits per heavy atom. The first-order valence-electron chi connectivity index (χ1n) is 7.33. The average molecular weight is 276 g/mol. The zero-order valence-corrected chi connectivity index (χ0v) is 12.6. The van der Waals surface area contributed by atoms with Gasteiger partial charge in [0.1, 0.15) is 5.60 Å². The van der Waals surface area contributed by atoms with E-state index in [4.69, 9.17) is 9.84 Å². The zero-order valence-electron chi connectivity index (χ0n) is 12.6. The van der Waals surface area contributed by atoms with E-state index < -0.39 is 5.60 Å². The van der Waals surface area contributed by atoms with Gasteiger partial charge in [-0.3, -0.25) is 0 Å². The molecule has 20 heavy (non-hydrogen) atoms. The Morgan fingerprint density at radius 3 is 2.60 bits per heavy atom. The zero-order chi connectivity index (χ0) is 14.8. The largest absolute Gasteiger partial charge is 0.456 e. The molecule has 0 heterocycles. The summed E-state index contributed by atoms with van der Waals surface area (Å²) in [7, 11) is 0. The van der Waals surface area contributed by atoms with E-state index in [2.05, 4.69) is 0 Å². The minimum atomic E-state index is -0.470. The standard InChI is InChI=1S/C17H24O3/c1-17(2,3)20-16(19)15-7-5-4-6-12(15)8-9-13-10-14(13)11-18/h4-7,13-14,18H,8-11H2,1-3H3/t13-,14?/m1/s1. The first-order chi connectivity index (χ1) is 9.40. The lowest BCUT2D eigenvalue weighted by Gasteiger charge is -2.20. The van der Waals surface area contributed by atoms with Crippen molar-refractivity contribution >= 4 is 5.97 Å². The Balaban J connectivity index is 2.00. The molecule has 1 aliphatic rings. The van der Waals surface area contributed by atoms with Crippen LogP contribution in [0.25, 0.3) is 0 Å². The summed E-state index contributed by atoms with van der Waals surface area (Å²) in [5, 5.41) is 9.07. The van der Waals surface area contributed by atoms with E-state index >= 15 is 0 Å². The number of hydrogen-bond acceptors (Lipinski definition) is 3. The number of benzene rings is 1. The molecular weight excluding hydrogens is 252 g/mol. The van der Waals surface area contributed by atoms with Crippen LogP contribution in [0.4, 0.5) is 0 Å². The number of carbonyl (C=O) groups is 1. The highest BCUT2D eigenvalue weighted by Gasteiger charge is 2.35. The van der Waals surface area contributed by atoms with Crippen molar-refractivity contribution in [2.24, 2.45) is 11.8 Å². The van der Waals surface area contributed by atoms with Crippen molar-refractivity contribution in [3.8, 4) is 0 Å². The second-order valence-electron chi connectivity index (χ2n) is 6.64. The third-order valence-electron chi connectivity index (χ3n) is 3.72. The predicted molar refractivity (Wildman–Crippen MR) is 78.6 cm³/mol. The molecule has 2 rings (SSSR count). The van der Waals surface area contributed by atoms with Gasteiger partial charge in [-0.25, -0.2) is 4.79 Å². The van der Waals surface area contributed by atoms with Crippen molar-refractivity contribution in [2.75, 3.05) is 6.61 Å². The number of aliphatic hydroxyl groups excluding tert-OH is 1. The number of carbonyl (C=O) groups excluding carboxylic acids is 1. The second-order valence-corrected chi connectivity index (χ2v) is 6.64. The molecule has 2 atom stereocenters. The Morgan fingerprint density at radius 1 is 1.30 bits per heavy atom. The average Bonchev–Trinajstić information content (AvgIpc) is 3.13. The van der Waals surface area contributed by atoms with Crippen LogP contribution in [0, 0.1) is 11.8 Å². The molecule has 1 saturated carbocycles. The van der Waals surface area contributed by atoms with Crippen molar-refractivity contribution in [3.63, 3.8) is 0 Å². The number of esters is 1.